The summed E-state index contributed by atoms with van der Waals surface area (Å²) in [6.45, 7) is 4.72. The number of hydrogen-bond acceptors (Lipinski definition) is 5. The smallest absolute Gasteiger partial charge is 0.322 e. The number of rotatable bonds is 6. The quantitative estimate of drug-likeness (QED) is 0.809. The first-order valence-corrected chi connectivity index (χ1v) is 7.49. The third-order valence-corrected chi connectivity index (χ3v) is 3.77. The van der Waals surface area contributed by atoms with Crippen LogP contribution in [0.1, 0.15) is 25.3 Å². The molecule has 2 rings (SSSR count). The van der Waals surface area contributed by atoms with Crippen LogP contribution in [0, 0.1) is 0 Å². The summed E-state index contributed by atoms with van der Waals surface area (Å²) in [5, 5.41) is 0. The van der Waals surface area contributed by atoms with Gasteiger partial charge < -0.3 is 20.1 Å². The lowest BCUT2D eigenvalue weighted by Crippen LogP contribution is -2.33. The van der Waals surface area contributed by atoms with Crippen LogP contribution in [0.5, 0.6) is 5.75 Å². The average Bonchev–Trinajstić information content (AvgIpc) is 3.02. The van der Waals surface area contributed by atoms with E-state index in [1.807, 2.05) is 19.1 Å². The predicted molar refractivity (Wildman–Crippen MR) is 82.8 cm³/mol. The molecule has 1 aliphatic rings. The lowest BCUT2D eigenvalue weighted by molar-refractivity contribution is -0.142. The van der Waals surface area contributed by atoms with E-state index in [0.717, 1.165) is 24.4 Å². The van der Waals surface area contributed by atoms with Crippen LogP contribution in [0.15, 0.2) is 18.2 Å². The van der Waals surface area contributed by atoms with Gasteiger partial charge in [-0.1, -0.05) is 6.07 Å². The molecule has 1 saturated heterocycles. The molecule has 0 saturated carbocycles. The summed E-state index contributed by atoms with van der Waals surface area (Å²) in [5.74, 6) is 0.405. The topological polar surface area (TPSA) is 64.8 Å². The van der Waals surface area contributed by atoms with Gasteiger partial charge in [-0.25, -0.2) is 0 Å². The summed E-state index contributed by atoms with van der Waals surface area (Å²) in [7, 11) is 1.35. The van der Waals surface area contributed by atoms with Crippen molar-refractivity contribution >= 4 is 11.7 Å². The van der Waals surface area contributed by atoms with Crippen molar-refractivity contribution in [2.75, 3.05) is 31.7 Å². The molecular weight excluding hydrogens is 268 g/mol. The molecule has 0 radical (unpaired) electrons. The Kier molecular flexibility index (Phi) is 5.44. The molecule has 1 aromatic carbocycles. The third-order valence-electron chi connectivity index (χ3n) is 3.77. The minimum Gasteiger partial charge on any atom is -0.494 e. The average molecular weight is 292 g/mol. The fourth-order valence-electron chi connectivity index (χ4n) is 2.65. The van der Waals surface area contributed by atoms with Gasteiger partial charge in [0.2, 0.25) is 0 Å². The Labute approximate surface area is 126 Å². The number of hydrogen-bond donors (Lipinski definition) is 1. The van der Waals surface area contributed by atoms with Crippen LogP contribution in [-0.2, 0) is 16.0 Å². The van der Waals surface area contributed by atoms with Gasteiger partial charge in [0.1, 0.15) is 11.8 Å². The Hall–Kier alpha value is -1.75. The minimum absolute atomic E-state index is 0.402. The molecule has 1 unspecified atom stereocenters. The molecular formula is C16H24N2O3. The van der Waals surface area contributed by atoms with E-state index in [2.05, 4.69) is 15.7 Å². The number of nitrogens with zero attached hydrogens (tertiary/aromatic N) is 1. The van der Waals surface area contributed by atoms with Crippen molar-refractivity contribution in [2.45, 2.75) is 32.2 Å². The number of anilines is 1. The molecule has 1 atom stereocenters. The molecule has 0 amide bonds. The minimum atomic E-state index is -0.660. The van der Waals surface area contributed by atoms with Gasteiger partial charge in [-0.15, -0.1) is 0 Å². The second-order valence-electron chi connectivity index (χ2n) is 5.25. The first-order chi connectivity index (χ1) is 10.2. The largest absolute Gasteiger partial charge is 0.494 e. The highest BCUT2D eigenvalue weighted by molar-refractivity contribution is 5.76. The van der Waals surface area contributed by atoms with Crippen molar-refractivity contribution in [2.24, 2.45) is 5.73 Å². The zero-order valence-electron chi connectivity index (χ0n) is 12.8. The number of carbonyl (C=O) groups is 1. The molecule has 5 nitrogen and oxygen atoms in total. The number of ether oxygens (including phenoxy) is 2. The van der Waals surface area contributed by atoms with E-state index in [-0.39, 0.29) is 0 Å². The molecule has 21 heavy (non-hydrogen) atoms. The Bertz CT molecular complexity index is 484. The van der Waals surface area contributed by atoms with Crippen LogP contribution < -0.4 is 15.4 Å². The lowest BCUT2D eigenvalue weighted by Gasteiger charge is -2.20. The Morgan fingerprint density at radius 2 is 2.10 bits per heavy atom. The van der Waals surface area contributed by atoms with Crippen LogP contribution in [0.25, 0.3) is 0 Å². The standard InChI is InChI=1S/C16H24N2O3/c1-3-21-15-11-13(18-8-4-5-9-18)7-6-12(15)10-14(17)16(19)20-2/h6-7,11,14H,3-5,8-10,17H2,1-2H3. The van der Waals surface area contributed by atoms with Gasteiger partial charge in [-0.2, -0.15) is 0 Å². The van der Waals surface area contributed by atoms with Crippen LogP contribution in [0.4, 0.5) is 5.69 Å². The van der Waals surface area contributed by atoms with Crippen LogP contribution in [-0.4, -0.2) is 38.8 Å². The number of nitrogens with two attached hydrogens (primary N) is 1. The molecule has 0 aliphatic carbocycles. The highest BCUT2D eigenvalue weighted by Gasteiger charge is 2.19. The zero-order valence-corrected chi connectivity index (χ0v) is 12.8. The molecule has 1 heterocycles. The van der Waals surface area contributed by atoms with E-state index in [1.54, 1.807) is 0 Å². The molecule has 0 aromatic heterocycles. The maximum absolute atomic E-state index is 11.5. The van der Waals surface area contributed by atoms with E-state index in [1.165, 1.54) is 25.6 Å². The van der Waals surface area contributed by atoms with Crippen molar-refractivity contribution in [3.63, 3.8) is 0 Å². The predicted octanol–water partition coefficient (Wildman–Crippen LogP) is 1.73. The van der Waals surface area contributed by atoms with E-state index in [9.17, 15) is 4.79 Å². The maximum Gasteiger partial charge on any atom is 0.322 e. The summed E-state index contributed by atoms with van der Waals surface area (Å²) in [6, 6.07) is 5.47. The SMILES string of the molecule is CCOc1cc(N2CCCC2)ccc1CC(N)C(=O)OC. The van der Waals surface area contributed by atoms with Gasteiger partial charge in [0.15, 0.2) is 0 Å². The van der Waals surface area contributed by atoms with E-state index in [4.69, 9.17) is 10.5 Å². The van der Waals surface area contributed by atoms with Crippen LogP contribution >= 0.6 is 0 Å². The van der Waals surface area contributed by atoms with Crippen LogP contribution in [0.3, 0.4) is 0 Å². The fourth-order valence-corrected chi connectivity index (χ4v) is 2.65. The number of methoxy groups -OCH3 is 1. The molecule has 2 N–H and O–H groups in total. The molecule has 1 fully saturated rings. The molecule has 5 heteroatoms. The fraction of sp³-hybridized carbons (Fsp3) is 0.562. The third kappa shape index (κ3) is 3.88. The first kappa shape index (κ1) is 15.6. The van der Waals surface area contributed by atoms with E-state index < -0.39 is 12.0 Å². The molecule has 116 valence electrons. The van der Waals surface area contributed by atoms with Crippen molar-refractivity contribution in [1.29, 1.82) is 0 Å². The highest BCUT2D eigenvalue weighted by Crippen LogP contribution is 2.29. The van der Waals surface area contributed by atoms with Crippen LogP contribution in [0.2, 0.25) is 0 Å². The summed E-state index contributed by atoms with van der Waals surface area (Å²) < 4.78 is 10.4. The second-order valence-corrected chi connectivity index (χ2v) is 5.25. The molecule has 1 aromatic rings. The second kappa shape index (κ2) is 7.31. The van der Waals surface area contributed by atoms with Gasteiger partial charge in [-0.05, 0) is 31.4 Å². The van der Waals surface area contributed by atoms with Crippen molar-refractivity contribution in [1.82, 2.24) is 0 Å². The normalized spacial score (nSPS) is 15.9. The van der Waals surface area contributed by atoms with Crippen molar-refractivity contribution in [3.05, 3.63) is 23.8 Å². The van der Waals surface area contributed by atoms with Gasteiger partial charge in [0.25, 0.3) is 0 Å². The number of esters is 1. The number of carbonyl (C=O) groups excluding carboxylic acids is 1. The highest BCUT2D eigenvalue weighted by atomic mass is 16.5. The van der Waals surface area contributed by atoms with Gasteiger partial charge >= 0.3 is 5.97 Å². The summed E-state index contributed by atoms with van der Waals surface area (Å²) in [4.78, 5) is 13.8. The summed E-state index contributed by atoms with van der Waals surface area (Å²) in [6.07, 6.45) is 2.89. The van der Waals surface area contributed by atoms with Gasteiger partial charge in [0, 0.05) is 31.3 Å². The Morgan fingerprint density at radius 3 is 2.71 bits per heavy atom. The summed E-state index contributed by atoms with van der Waals surface area (Å²) >= 11 is 0. The lowest BCUT2D eigenvalue weighted by atomic mass is 10.0. The first-order valence-electron chi connectivity index (χ1n) is 7.49. The van der Waals surface area contributed by atoms with E-state index >= 15 is 0 Å². The summed E-state index contributed by atoms with van der Waals surface area (Å²) in [5.41, 5.74) is 7.96. The number of benzene rings is 1. The molecule has 1 aliphatic heterocycles. The Balaban J connectivity index is 2.17. The molecule has 0 spiro atoms. The van der Waals surface area contributed by atoms with Gasteiger partial charge in [0.05, 0.1) is 13.7 Å². The monoisotopic (exact) mass is 292 g/mol. The Morgan fingerprint density at radius 1 is 1.38 bits per heavy atom. The van der Waals surface area contributed by atoms with Crippen molar-refractivity contribution in [3.8, 4) is 5.75 Å². The van der Waals surface area contributed by atoms with Gasteiger partial charge in [-0.3, -0.25) is 4.79 Å². The van der Waals surface area contributed by atoms with E-state index in [0.29, 0.717) is 13.0 Å². The maximum atomic E-state index is 11.5. The zero-order chi connectivity index (χ0) is 15.2. The molecule has 0 bridgehead atoms. The van der Waals surface area contributed by atoms with Crippen molar-refractivity contribution < 1.29 is 14.3 Å².